The highest BCUT2D eigenvalue weighted by atomic mass is 16.5. The van der Waals surface area contributed by atoms with Gasteiger partial charge in [0.1, 0.15) is 17.2 Å². The van der Waals surface area contributed by atoms with E-state index < -0.39 is 11.9 Å². The van der Waals surface area contributed by atoms with Gasteiger partial charge in [0.2, 0.25) is 0 Å². The normalized spacial score (nSPS) is 10.8. The summed E-state index contributed by atoms with van der Waals surface area (Å²) in [5.41, 5.74) is 2.10. The molecule has 0 amide bonds. The number of unbranched alkanes of at least 4 members (excludes halogenated alkanes) is 10. The molecule has 0 fully saturated rings. The molecule has 3 rings (SSSR count). The van der Waals surface area contributed by atoms with Crippen LogP contribution >= 0.6 is 0 Å². The third-order valence-electron chi connectivity index (χ3n) is 7.11. The molecule has 0 bridgehead atoms. The number of aryl methyl sites for hydroxylation is 1. The Labute approximate surface area is 246 Å². The summed E-state index contributed by atoms with van der Waals surface area (Å²) in [5.74, 6) is 0.665. The van der Waals surface area contributed by atoms with Gasteiger partial charge in [0.25, 0.3) is 0 Å². The van der Waals surface area contributed by atoms with Gasteiger partial charge in [-0.15, -0.1) is 0 Å². The zero-order valence-electron chi connectivity index (χ0n) is 24.9. The third kappa shape index (κ3) is 12.2. The lowest BCUT2D eigenvalue weighted by Gasteiger charge is -2.09. The second-order valence-electron chi connectivity index (χ2n) is 10.6. The van der Waals surface area contributed by atoms with Crippen LogP contribution in [0.2, 0.25) is 0 Å². The molecule has 0 aromatic heterocycles. The lowest BCUT2D eigenvalue weighted by Crippen LogP contribution is -2.10. The summed E-state index contributed by atoms with van der Waals surface area (Å²) in [7, 11) is 0. The molecular formula is C36H46O5. The maximum absolute atomic E-state index is 12.6. The van der Waals surface area contributed by atoms with Gasteiger partial charge in [-0.3, -0.25) is 0 Å². The molecular weight excluding hydrogens is 512 g/mol. The molecule has 0 atom stereocenters. The Bertz CT molecular complexity index is 1150. The number of benzene rings is 3. The minimum atomic E-state index is -0.482. The van der Waals surface area contributed by atoms with Crippen LogP contribution in [-0.4, -0.2) is 18.5 Å². The number of carbonyl (C=O) groups is 2. The first-order valence-electron chi connectivity index (χ1n) is 15.4. The zero-order valence-corrected chi connectivity index (χ0v) is 24.9. The van der Waals surface area contributed by atoms with Crippen LogP contribution in [0.1, 0.15) is 117 Å². The molecule has 5 heteroatoms. The molecule has 0 unspecified atom stereocenters. The fourth-order valence-corrected chi connectivity index (χ4v) is 4.58. The number of hydrogen-bond acceptors (Lipinski definition) is 5. The molecule has 220 valence electrons. The molecule has 0 saturated heterocycles. The predicted molar refractivity (Wildman–Crippen MR) is 165 cm³/mol. The van der Waals surface area contributed by atoms with Crippen molar-refractivity contribution in [2.45, 2.75) is 97.3 Å². The van der Waals surface area contributed by atoms with Crippen LogP contribution in [0.25, 0.3) is 0 Å². The van der Waals surface area contributed by atoms with Crippen LogP contribution in [0.15, 0.2) is 72.8 Å². The van der Waals surface area contributed by atoms with Crippen LogP contribution in [0.4, 0.5) is 0 Å². The third-order valence-corrected chi connectivity index (χ3v) is 7.11. The van der Waals surface area contributed by atoms with Gasteiger partial charge in [-0.2, -0.15) is 0 Å². The molecule has 0 aliphatic carbocycles. The highest BCUT2D eigenvalue weighted by Crippen LogP contribution is 2.21. The molecule has 41 heavy (non-hydrogen) atoms. The van der Waals surface area contributed by atoms with Crippen molar-refractivity contribution in [3.63, 3.8) is 0 Å². The van der Waals surface area contributed by atoms with E-state index in [-0.39, 0.29) is 0 Å². The van der Waals surface area contributed by atoms with Crippen molar-refractivity contribution in [3.05, 3.63) is 89.5 Å². The fourth-order valence-electron chi connectivity index (χ4n) is 4.58. The van der Waals surface area contributed by atoms with Gasteiger partial charge in [0.05, 0.1) is 17.7 Å². The lowest BCUT2D eigenvalue weighted by molar-refractivity contribution is 0.0730. The van der Waals surface area contributed by atoms with Crippen LogP contribution in [0, 0.1) is 0 Å². The monoisotopic (exact) mass is 558 g/mol. The average molecular weight is 559 g/mol. The van der Waals surface area contributed by atoms with E-state index in [1.54, 1.807) is 36.4 Å². The van der Waals surface area contributed by atoms with Crippen molar-refractivity contribution in [2.24, 2.45) is 0 Å². The maximum atomic E-state index is 12.6. The summed E-state index contributed by atoms with van der Waals surface area (Å²) in [6.45, 7) is 5.14. The average Bonchev–Trinajstić information content (AvgIpc) is 3.00. The van der Waals surface area contributed by atoms with E-state index in [0.29, 0.717) is 29.2 Å². The summed E-state index contributed by atoms with van der Waals surface area (Å²) < 4.78 is 16.8. The van der Waals surface area contributed by atoms with Crippen LogP contribution in [0.3, 0.4) is 0 Å². The summed E-state index contributed by atoms with van der Waals surface area (Å²) in [5, 5.41) is 0. The Morgan fingerprint density at radius 2 is 0.902 bits per heavy atom. The number of carbonyl (C=O) groups excluding carboxylic acids is 2. The lowest BCUT2D eigenvalue weighted by atomic mass is 10.0. The van der Waals surface area contributed by atoms with E-state index in [4.69, 9.17) is 14.2 Å². The summed E-state index contributed by atoms with van der Waals surface area (Å²) in [4.78, 5) is 25.2. The Morgan fingerprint density at radius 1 is 0.488 bits per heavy atom. The molecule has 0 aliphatic heterocycles. The molecule has 0 heterocycles. The van der Waals surface area contributed by atoms with Gasteiger partial charge in [-0.25, -0.2) is 9.59 Å². The zero-order chi connectivity index (χ0) is 29.1. The molecule has 0 saturated carbocycles. The second-order valence-corrected chi connectivity index (χ2v) is 10.6. The van der Waals surface area contributed by atoms with E-state index in [1.807, 2.05) is 36.4 Å². The van der Waals surface area contributed by atoms with E-state index in [1.165, 1.54) is 76.2 Å². The predicted octanol–water partition coefficient (Wildman–Crippen LogP) is 9.77. The molecule has 0 aliphatic rings. The summed E-state index contributed by atoms with van der Waals surface area (Å²) in [6.07, 6.45) is 15.9. The van der Waals surface area contributed by atoms with Gasteiger partial charge in [0.15, 0.2) is 0 Å². The summed E-state index contributed by atoms with van der Waals surface area (Å²) >= 11 is 0. The van der Waals surface area contributed by atoms with Crippen molar-refractivity contribution in [3.8, 4) is 17.2 Å². The molecule has 5 nitrogen and oxygen atoms in total. The minimum absolute atomic E-state index is 0.368. The van der Waals surface area contributed by atoms with E-state index in [0.717, 1.165) is 18.6 Å². The van der Waals surface area contributed by atoms with Crippen LogP contribution in [-0.2, 0) is 6.42 Å². The topological polar surface area (TPSA) is 61.8 Å². The van der Waals surface area contributed by atoms with Crippen molar-refractivity contribution >= 4 is 11.9 Å². The Hall–Kier alpha value is -3.60. The first kappa shape index (κ1) is 31.9. The van der Waals surface area contributed by atoms with E-state index in [2.05, 4.69) is 13.8 Å². The van der Waals surface area contributed by atoms with Crippen molar-refractivity contribution in [2.75, 3.05) is 6.61 Å². The number of ether oxygens (including phenoxy) is 3. The Kier molecular flexibility index (Phi) is 14.6. The first-order valence-corrected chi connectivity index (χ1v) is 15.4. The smallest absolute Gasteiger partial charge is 0.343 e. The highest BCUT2D eigenvalue weighted by Gasteiger charge is 2.12. The molecule has 3 aromatic carbocycles. The Morgan fingerprint density at radius 3 is 1.44 bits per heavy atom. The van der Waals surface area contributed by atoms with Crippen LogP contribution < -0.4 is 14.2 Å². The van der Waals surface area contributed by atoms with E-state index >= 15 is 0 Å². The van der Waals surface area contributed by atoms with Gasteiger partial charge in [0, 0.05) is 0 Å². The van der Waals surface area contributed by atoms with E-state index in [9.17, 15) is 9.59 Å². The largest absolute Gasteiger partial charge is 0.494 e. The SMILES string of the molecule is CCCCCCCCOc1ccc(OC(=O)c2ccc(OC(=O)c3ccc(CCCCCCCC)cc3)cc2)cc1. The molecule has 3 aromatic rings. The quantitative estimate of drug-likeness (QED) is 0.0832. The standard InChI is InChI=1S/C36H46O5/c1-3-5-7-9-11-13-15-29-16-18-30(19-17-29)35(37)40-33-22-20-31(21-23-33)36(38)41-34-26-24-32(25-27-34)39-28-14-12-10-8-6-4-2/h16-27H,3-15,28H2,1-2H3. The first-order chi connectivity index (χ1) is 20.1. The number of hydrogen-bond donors (Lipinski definition) is 0. The van der Waals surface area contributed by atoms with Crippen molar-refractivity contribution in [1.82, 2.24) is 0 Å². The van der Waals surface area contributed by atoms with Gasteiger partial charge >= 0.3 is 11.9 Å². The number of esters is 2. The molecule has 0 radical (unpaired) electrons. The maximum Gasteiger partial charge on any atom is 0.343 e. The molecule has 0 N–H and O–H groups in total. The van der Waals surface area contributed by atoms with Gasteiger partial charge in [-0.05, 0) is 85.5 Å². The minimum Gasteiger partial charge on any atom is -0.494 e. The molecule has 0 spiro atoms. The summed E-state index contributed by atoms with van der Waals surface area (Å²) in [6, 6.07) is 21.1. The Balaban J connectivity index is 1.39. The second kappa shape index (κ2) is 18.7. The van der Waals surface area contributed by atoms with Gasteiger partial charge in [-0.1, -0.05) is 90.2 Å². The number of rotatable bonds is 19. The highest BCUT2D eigenvalue weighted by molar-refractivity contribution is 5.92. The van der Waals surface area contributed by atoms with Crippen molar-refractivity contribution < 1.29 is 23.8 Å². The van der Waals surface area contributed by atoms with Gasteiger partial charge < -0.3 is 14.2 Å². The van der Waals surface area contributed by atoms with Crippen molar-refractivity contribution in [1.29, 1.82) is 0 Å². The van der Waals surface area contributed by atoms with Crippen LogP contribution in [0.5, 0.6) is 17.2 Å². The fraction of sp³-hybridized carbons (Fsp3) is 0.444.